The number of imidazole rings is 1. The normalized spacial score (nSPS) is 10.9. The fourth-order valence-corrected chi connectivity index (χ4v) is 2.55. The number of rotatable bonds is 3. The number of aryl methyl sites for hydroxylation is 1. The molecule has 0 aliphatic carbocycles. The molecule has 3 aromatic rings. The lowest BCUT2D eigenvalue weighted by molar-refractivity contribution is 0.762. The molecule has 0 bridgehead atoms. The van der Waals surface area contributed by atoms with Crippen LogP contribution in [0, 0.1) is 0 Å². The molecule has 4 nitrogen and oxygen atoms in total. The Morgan fingerprint density at radius 1 is 1.20 bits per heavy atom. The maximum Gasteiger partial charge on any atom is 0.0956 e. The Morgan fingerprint density at radius 2 is 2.05 bits per heavy atom. The van der Waals surface area contributed by atoms with Crippen LogP contribution in [0.1, 0.15) is 5.56 Å². The predicted molar refractivity (Wildman–Crippen MR) is 80.0 cm³/mol. The zero-order valence-electron chi connectivity index (χ0n) is 10.8. The van der Waals surface area contributed by atoms with Crippen molar-refractivity contribution in [2.24, 2.45) is 7.05 Å². The summed E-state index contributed by atoms with van der Waals surface area (Å²) in [6, 6.07) is 5.41. The van der Waals surface area contributed by atoms with E-state index < -0.39 is 0 Å². The number of hydrogen-bond acceptors (Lipinski definition) is 2. The van der Waals surface area contributed by atoms with E-state index in [-0.39, 0.29) is 0 Å². The molecule has 0 unspecified atom stereocenters. The Morgan fingerprint density at radius 3 is 2.75 bits per heavy atom. The van der Waals surface area contributed by atoms with E-state index in [4.69, 9.17) is 23.2 Å². The van der Waals surface area contributed by atoms with Gasteiger partial charge in [-0.2, -0.15) is 5.10 Å². The molecule has 1 aromatic carbocycles. The van der Waals surface area contributed by atoms with E-state index in [9.17, 15) is 0 Å². The first kappa shape index (κ1) is 13.2. The Bertz CT molecular complexity index is 745. The molecule has 0 radical (unpaired) electrons. The summed E-state index contributed by atoms with van der Waals surface area (Å²) < 4.78 is 3.78. The van der Waals surface area contributed by atoms with E-state index in [1.807, 2.05) is 42.3 Å². The summed E-state index contributed by atoms with van der Waals surface area (Å²) in [7, 11) is 1.90. The highest BCUT2D eigenvalue weighted by Crippen LogP contribution is 2.29. The lowest BCUT2D eigenvalue weighted by atomic mass is 10.2. The number of aromatic nitrogens is 4. The SMILES string of the molecule is Cn1cc(Cn2cnc(-c3ccc(Cl)cc3Cl)c2)cn1. The van der Waals surface area contributed by atoms with Crippen LogP contribution < -0.4 is 0 Å². The molecule has 2 aromatic heterocycles. The summed E-state index contributed by atoms with van der Waals surface area (Å²) in [4.78, 5) is 4.39. The van der Waals surface area contributed by atoms with Gasteiger partial charge in [0.15, 0.2) is 0 Å². The minimum absolute atomic E-state index is 0.601. The quantitative estimate of drug-likeness (QED) is 0.740. The molecule has 6 heteroatoms. The second kappa shape index (κ2) is 5.31. The highest BCUT2D eigenvalue weighted by atomic mass is 35.5. The van der Waals surface area contributed by atoms with Gasteiger partial charge < -0.3 is 4.57 Å². The Kier molecular flexibility index (Phi) is 3.51. The van der Waals surface area contributed by atoms with Crippen molar-refractivity contribution in [2.75, 3.05) is 0 Å². The number of benzene rings is 1. The van der Waals surface area contributed by atoms with Crippen LogP contribution >= 0.6 is 23.2 Å². The molecule has 0 atom stereocenters. The van der Waals surface area contributed by atoms with Gasteiger partial charge in [-0.3, -0.25) is 4.68 Å². The molecule has 20 heavy (non-hydrogen) atoms. The van der Waals surface area contributed by atoms with Crippen molar-refractivity contribution in [3.8, 4) is 11.3 Å². The van der Waals surface area contributed by atoms with Crippen LogP contribution in [0.15, 0.2) is 43.1 Å². The maximum atomic E-state index is 6.19. The van der Waals surface area contributed by atoms with Crippen molar-refractivity contribution in [3.63, 3.8) is 0 Å². The molecule has 0 saturated carbocycles. The standard InChI is InChI=1S/C14H12Cl2N4/c1-19-6-10(5-18-19)7-20-8-14(17-9-20)12-3-2-11(15)4-13(12)16/h2-6,8-9H,7H2,1H3. The molecule has 102 valence electrons. The summed E-state index contributed by atoms with van der Waals surface area (Å²) in [6.07, 6.45) is 7.57. The maximum absolute atomic E-state index is 6.19. The van der Waals surface area contributed by atoms with Gasteiger partial charge in [-0.05, 0) is 18.2 Å². The fraction of sp³-hybridized carbons (Fsp3) is 0.143. The Hall–Kier alpha value is -1.78. The van der Waals surface area contributed by atoms with Crippen LogP contribution in [0.5, 0.6) is 0 Å². The molecule has 3 rings (SSSR count). The summed E-state index contributed by atoms with van der Waals surface area (Å²) >= 11 is 12.1. The summed E-state index contributed by atoms with van der Waals surface area (Å²) in [5.41, 5.74) is 2.83. The van der Waals surface area contributed by atoms with Crippen LogP contribution in [0.4, 0.5) is 0 Å². The summed E-state index contributed by atoms with van der Waals surface area (Å²) in [5, 5.41) is 5.37. The lowest BCUT2D eigenvalue weighted by Crippen LogP contribution is -1.94. The first-order valence-corrected chi connectivity index (χ1v) is 6.82. The summed E-state index contributed by atoms with van der Waals surface area (Å²) in [5.74, 6) is 0. The lowest BCUT2D eigenvalue weighted by Gasteiger charge is -2.01. The van der Waals surface area contributed by atoms with Crippen LogP contribution in [-0.4, -0.2) is 19.3 Å². The molecule has 0 spiro atoms. The molecule has 2 heterocycles. The minimum Gasteiger partial charge on any atom is -0.332 e. The topological polar surface area (TPSA) is 35.6 Å². The van der Waals surface area contributed by atoms with Gasteiger partial charge in [-0.15, -0.1) is 0 Å². The first-order chi connectivity index (χ1) is 9.61. The first-order valence-electron chi connectivity index (χ1n) is 6.06. The van der Waals surface area contributed by atoms with Gasteiger partial charge in [-0.1, -0.05) is 23.2 Å². The van der Waals surface area contributed by atoms with Gasteiger partial charge >= 0.3 is 0 Å². The second-order valence-electron chi connectivity index (χ2n) is 4.58. The average Bonchev–Trinajstić information content (AvgIpc) is 2.99. The Labute approximate surface area is 126 Å². The molecular formula is C14H12Cl2N4. The number of hydrogen-bond donors (Lipinski definition) is 0. The fourth-order valence-electron chi connectivity index (χ4n) is 2.05. The molecule has 0 N–H and O–H groups in total. The van der Waals surface area contributed by atoms with Crippen molar-refractivity contribution in [3.05, 3.63) is 58.7 Å². The number of nitrogens with zero attached hydrogens (tertiary/aromatic N) is 4. The van der Waals surface area contributed by atoms with Crippen molar-refractivity contribution in [2.45, 2.75) is 6.54 Å². The zero-order chi connectivity index (χ0) is 14.1. The molecular weight excluding hydrogens is 295 g/mol. The largest absolute Gasteiger partial charge is 0.332 e. The molecule has 0 aliphatic heterocycles. The average molecular weight is 307 g/mol. The Balaban J connectivity index is 1.86. The van der Waals surface area contributed by atoms with Crippen LogP contribution in [0.3, 0.4) is 0 Å². The van der Waals surface area contributed by atoms with Gasteiger partial charge in [0.25, 0.3) is 0 Å². The van der Waals surface area contributed by atoms with Gasteiger partial charge in [0.1, 0.15) is 0 Å². The van der Waals surface area contributed by atoms with E-state index in [0.29, 0.717) is 10.0 Å². The highest BCUT2D eigenvalue weighted by molar-refractivity contribution is 6.36. The zero-order valence-corrected chi connectivity index (χ0v) is 12.3. The minimum atomic E-state index is 0.601. The van der Waals surface area contributed by atoms with Crippen molar-refractivity contribution >= 4 is 23.2 Å². The van der Waals surface area contributed by atoms with Gasteiger partial charge in [0.05, 0.1) is 29.8 Å². The van der Waals surface area contributed by atoms with Crippen molar-refractivity contribution in [1.29, 1.82) is 0 Å². The summed E-state index contributed by atoms with van der Waals surface area (Å²) in [6.45, 7) is 0.728. The molecule has 0 fully saturated rings. The molecule has 0 aliphatic rings. The smallest absolute Gasteiger partial charge is 0.0956 e. The van der Waals surface area contributed by atoms with Gasteiger partial charge in [-0.25, -0.2) is 4.98 Å². The van der Waals surface area contributed by atoms with Crippen LogP contribution in [0.2, 0.25) is 10.0 Å². The van der Waals surface area contributed by atoms with Crippen LogP contribution in [0.25, 0.3) is 11.3 Å². The predicted octanol–water partition coefficient (Wildman–Crippen LogP) is 3.64. The van der Waals surface area contributed by atoms with Crippen molar-refractivity contribution in [1.82, 2.24) is 19.3 Å². The van der Waals surface area contributed by atoms with Crippen LogP contribution in [-0.2, 0) is 13.6 Å². The third-order valence-electron chi connectivity index (χ3n) is 2.96. The number of halogens is 2. The molecule has 0 amide bonds. The third kappa shape index (κ3) is 2.71. The van der Waals surface area contributed by atoms with E-state index in [0.717, 1.165) is 23.4 Å². The van der Waals surface area contributed by atoms with E-state index in [2.05, 4.69) is 10.1 Å². The highest BCUT2D eigenvalue weighted by Gasteiger charge is 2.08. The monoisotopic (exact) mass is 306 g/mol. The van der Waals surface area contributed by atoms with E-state index >= 15 is 0 Å². The molecule has 0 saturated heterocycles. The van der Waals surface area contributed by atoms with Gasteiger partial charge in [0, 0.05) is 35.6 Å². The van der Waals surface area contributed by atoms with Crippen molar-refractivity contribution < 1.29 is 0 Å². The van der Waals surface area contributed by atoms with Gasteiger partial charge in [0.2, 0.25) is 0 Å². The van der Waals surface area contributed by atoms with E-state index in [1.54, 1.807) is 17.1 Å². The van der Waals surface area contributed by atoms with E-state index in [1.165, 1.54) is 0 Å². The second-order valence-corrected chi connectivity index (χ2v) is 5.42. The third-order valence-corrected chi connectivity index (χ3v) is 3.51.